The van der Waals surface area contributed by atoms with E-state index in [-0.39, 0.29) is 30.3 Å². The molecule has 6 nitrogen and oxygen atoms in total. The number of hydrogen-bond acceptors (Lipinski definition) is 3. The number of carbonyl (C=O) groups excluding carboxylic acids is 3. The minimum Gasteiger partial charge on any atom is -0.349 e. The molecule has 1 aliphatic carbocycles. The van der Waals surface area contributed by atoms with E-state index in [4.69, 9.17) is 0 Å². The summed E-state index contributed by atoms with van der Waals surface area (Å²) in [6.07, 6.45) is 3.14. The lowest BCUT2D eigenvalue weighted by molar-refractivity contribution is -0.121. The Morgan fingerprint density at radius 3 is 2.68 bits per heavy atom. The molecule has 0 spiro atoms. The number of nitrogens with one attached hydrogen (secondary N) is 2. The molecule has 1 heterocycles. The topological polar surface area (TPSA) is 78.5 Å². The lowest BCUT2D eigenvalue weighted by atomic mass is 10.0. The van der Waals surface area contributed by atoms with E-state index in [0.717, 1.165) is 29.7 Å². The maximum absolute atomic E-state index is 12.7. The van der Waals surface area contributed by atoms with Gasteiger partial charge in [-0.05, 0) is 55.5 Å². The molecule has 1 aliphatic heterocycles. The van der Waals surface area contributed by atoms with E-state index >= 15 is 0 Å². The lowest BCUT2D eigenvalue weighted by Crippen LogP contribution is -2.41. The van der Waals surface area contributed by atoms with Crippen LogP contribution >= 0.6 is 0 Å². The van der Waals surface area contributed by atoms with Crippen LogP contribution in [0.1, 0.15) is 40.7 Å². The van der Waals surface area contributed by atoms with Gasteiger partial charge in [-0.2, -0.15) is 0 Å². The Balaban J connectivity index is 1.48. The fourth-order valence-electron chi connectivity index (χ4n) is 3.40. The third-order valence-corrected chi connectivity index (χ3v) is 5.18. The maximum Gasteiger partial charge on any atom is 0.251 e. The summed E-state index contributed by atoms with van der Waals surface area (Å²) in [5.74, 6) is -0.464. The smallest absolute Gasteiger partial charge is 0.251 e. The number of carbonyl (C=O) groups is 3. The van der Waals surface area contributed by atoms with Gasteiger partial charge in [-0.25, -0.2) is 0 Å². The minimum atomic E-state index is -0.284. The van der Waals surface area contributed by atoms with Gasteiger partial charge >= 0.3 is 0 Å². The number of amides is 3. The molecule has 0 atom stereocenters. The SMILES string of the molecule is Cc1ccc(C(=O)NC2CC2)cc1NC(=O)CN1C(=O)CCc2ccccc21. The van der Waals surface area contributed by atoms with Gasteiger partial charge in [0.1, 0.15) is 6.54 Å². The van der Waals surface area contributed by atoms with Crippen molar-refractivity contribution in [3.8, 4) is 0 Å². The third kappa shape index (κ3) is 3.91. The molecule has 3 amide bonds. The number of nitrogens with zero attached hydrogens (tertiary/aromatic N) is 1. The first-order chi connectivity index (χ1) is 13.5. The summed E-state index contributed by atoms with van der Waals surface area (Å²) in [7, 11) is 0. The van der Waals surface area contributed by atoms with Crippen molar-refractivity contribution in [3.05, 3.63) is 59.2 Å². The molecule has 2 aliphatic rings. The number of fused-ring (bicyclic) bond motifs is 1. The molecule has 28 heavy (non-hydrogen) atoms. The molecule has 2 aromatic rings. The van der Waals surface area contributed by atoms with Gasteiger partial charge in [0.05, 0.1) is 0 Å². The van der Waals surface area contributed by atoms with Crippen molar-refractivity contribution < 1.29 is 14.4 Å². The van der Waals surface area contributed by atoms with Gasteiger partial charge in [0, 0.05) is 29.4 Å². The maximum atomic E-state index is 12.7. The van der Waals surface area contributed by atoms with Crippen LogP contribution < -0.4 is 15.5 Å². The minimum absolute atomic E-state index is 0.0478. The summed E-state index contributed by atoms with van der Waals surface area (Å²) in [5, 5.41) is 5.81. The number of anilines is 2. The second-order valence-corrected chi connectivity index (χ2v) is 7.43. The molecular formula is C22H23N3O3. The number of para-hydroxylation sites is 1. The van der Waals surface area contributed by atoms with Crippen LogP contribution in [0, 0.1) is 6.92 Å². The molecule has 4 rings (SSSR count). The zero-order valence-corrected chi connectivity index (χ0v) is 15.8. The Morgan fingerprint density at radius 1 is 1.11 bits per heavy atom. The molecule has 0 aromatic heterocycles. The molecule has 0 bridgehead atoms. The van der Waals surface area contributed by atoms with Gasteiger partial charge in [-0.1, -0.05) is 24.3 Å². The highest BCUT2D eigenvalue weighted by Crippen LogP contribution is 2.27. The molecule has 0 saturated heterocycles. The molecule has 2 N–H and O–H groups in total. The summed E-state index contributed by atoms with van der Waals surface area (Å²) in [6.45, 7) is 1.83. The number of hydrogen-bond donors (Lipinski definition) is 2. The molecule has 6 heteroatoms. The molecule has 0 radical (unpaired) electrons. The summed E-state index contributed by atoms with van der Waals surface area (Å²) < 4.78 is 0. The zero-order chi connectivity index (χ0) is 19.7. The second kappa shape index (κ2) is 7.46. The quantitative estimate of drug-likeness (QED) is 0.841. The standard InChI is InChI=1S/C22H23N3O3/c1-14-6-7-16(22(28)23-17-9-10-17)12-18(14)24-20(26)13-25-19-5-3-2-4-15(19)8-11-21(25)27/h2-7,12,17H,8-11,13H2,1H3,(H,23,28)(H,24,26). The summed E-state index contributed by atoms with van der Waals surface area (Å²) in [5.41, 5.74) is 3.84. The fourth-order valence-corrected chi connectivity index (χ4v) is 3.40. The number of benzene rings is 2. The van der Waals surface area contributed by atoms with Crippen LogP contribution in [0.25, 0.3) is 0 Å². The van der Waals surface area contributed by atoms with Crippen LogP contribution in [-0.4, -0.2) is 30.3 Å². The van der Waals surface area contributed by atoms with Gasteiger partial charge in [-0.15, -0.1) is 0 Å². The van der Waals surface area contributed by atoms with Crippen molar-refractivity contribution in [2.24, 2.45) is 0 Å². The zero-order valence-electron chi connectivity index (χ0n) is 15.8. The van der Waals surface area contributed by atoms with E-state index in [0.29, 0.717) is 24.1 Å². The molecule has 0 unspecified atom stereocenters. The Morgan fingerprint density at radius 2 is 1.89 bits per heavy atom. The van der Waals surface area contributed by atoms with Crippen LogP contribution in [0.15, 0.2) is 42.5 Å². The largest absolute Gasteiger partial charge is 0.349 e. The third-order valence-electron chi connectivity index (χ3n) is 5.18. The van der Waals surface area contributed by atoms with Crippen molar-refractivity contribution in [1.29, 1.82) is 0 Å². The highest BCUT2D eigenvalue weighted by molar-refractivity contribution is 6.05. The predicted octanol–water partition coefficient (Wildman–Crippen LogP) is 2.81. The van der Waals surface area contributed by atoms with Crippen molar-refractivity contribution in [3.63, 3.8) is 0 Å². The lowest BCUT2D eigenvalue weighted by Gasteiger charge is -2.28. The molecular weight excluding hydrogens is 354 g/mol. The predicted molar refractivity (Wildman–Crippen MR) is 107 cm³/mol. The van der Waals surface area contributed by atoms with E-state index in [2.05, 4.69) is 10.6 Å². The Labute approximate surface area is 163 Å². The highest BCUT2D eigenvalue weighted by atomic mass is 16.2. The molecule has 2 aromatic carbocycles. The Hall–Kier alpha value is -3.15. The summed E-state index contributed by atoms with van der Waals surface area (Å²) in [6, 6.07) is 13.2. The van der Waals surface area contributed by atoms with Crippen LogP contribution in [-0.2, 0) is 16.0 Å². The number of rotatable bonds is 5. The van der Waals surface area contributed by atoms with Crippen LogP contribution in [0.5, 0.6) is 0 Å². The number of aryl methyl sites for hydroxylation is 2. The van der Waals surface area contributed by atoms with Crippen molar-refractivity contribution in [1.82, 2.24) is 5.32 Å². The Kier molecular flexibility index (Phi) is 4.86. The average Bonchev–Trinajstić information content (AvgIpc) is 3.50. The molecule has 1 fully saturated rings. The Bertz CT molecular complexity index is 950. The van der Waals surface area contributed by atoms with Crippen LogP contribution in [0.2, 0.25) is 0 Å². The van der Waals surface area contributed by atoms with E-state index < -0.39 is 0 Å². The molecule has 1 saturated carbocycles. The van der Waals surface area contributed by atoms with Crippen molar-refractivity contribution >= 4 is 29.1 Å². The van der Waals surface area contributed by atoms with Crippen LogP contribution in [0.4, 0.5) is 11.4 Å². The normalized spacial score (nSPS) is 15.8. The van der Waals surface area contributed by atoms with E-state index in [1.165, 1.54) is 4.90 Å². The molecule has 144 valence electrons. The summed E-state index contributed by atoms with van der Waals surface area (Å²) in [4.78, 5) is 38.8. The average molecular weight is 377 g/mol. The van der Waals surface area contributed by atoms with E-state index in [9.17, 15) is 14.4 Å². The van der Waals surface area contributed by atoms with Gasteiger partial charge in [0.15, 0.2) is 0 Å². The first-order valence-electron chi connectivity index (χ1n) is 9.61. The van der Waals surface area contributed by atoms with E-state index in [1.54, 1.807) is 12.1 Å². The van der Waals surface area contributed by atoms with Crippen molar-refractivity contribution in [2.75, 3.05) is 16.8 Å². The second-order valence-electron chi connectivity index (χ2n) is 7.43. The van der Waals surface area contributed by atoms with E-state index in [1.807, 2.05) is 37.3 Å². The van der Waals surface area contributed by atoms with Gasteiger partial charge in [0.2, 0.25) is 11.8 Å². The fraction of sp³-hybridized carbons (Fsp3) is 0.318. The highest BCUT2D eigenvalue weighted by Gasteiger charge is 2.26. The van der Waals surface area contributed by atoms with Gasteiger partial charge in [0.25, 0.3) is 5.91 Å². The first kappa shape index (κ1) is 18.2. The van der Waals surface area contributed by atoms with Gasteiger partial charge < -0.3 is 15.5 Å². The van der Waals surface area contributed by atoms with Gasteiger partial charge in [-0.3, -0.25) is 14.4 Å². The van der Waals surface area contributed by atoms with Crippen LogP contribution in [0.3, 0.4) is 0 Å². The van der Waals surface area contributed by atoms with Crippen molar-refractivity contribution in [2.45, 2.75) is 38.6 Å². The monoisotopic (exact) mass is 377 g/mol. The first-order valence-corrected chi connectivity index (χ1v) is 9.61. The summed E-state index contributed by atoms with van der Waals surface area (Å²) >= 11 is 0.